The Kier molecular flexibility index (Phi) is 8.80. The van der Waals surface area contributed by atoms with E-state index in [4.69, 9.17) is 18.9 Å². The average molecular weight is 479 g/mol. The Morgan fingerprint density at radius 1 is 1.12 bits per heavy atom. The number of ether oxygens (including phenoxy) is 4. The van der Waals surface area contributed by atoms with E-state index in [2.05, 4.69) is 20.9 Å². The van der Waals surface area contributed by atoms with Crippen molar-refractivity contribution in [3.63, 3.8) is 0 Å². The van der Waals surface area contributed by atoms with Crippen LogP contribution in [-0.4, -0.2) is 93.0 Å². The van der Waals surface area contributed by atoms with Crippen LogP contribution in [0.5, 0.6) is 11.5 Å². The van der Waals surface area contributed by atoms with Gasteiger partial charge in [-0.2, -0.15) is 0 Å². The summed E-state index contributed by atoms with van der Waals surface area (Å²) in [7, 11) is 0. The number of amides is 3. The minimum atomic E-state index is -0.574. The van der Waals surface area contributed by atoms with Crippen LogP contribution in [0.15, 0.2) is 18.2 Å². The summed E-state index contributed by atoms with van der Waals surface area (Å²) in [4.78, 5) is 27.1. The van der Waals surface area contributed by atoms with Gasteiger partial charge in [0.15, 0.2) is 11.5 Å². The first-order chi connectivity index (χ1) is 16.6. The number of carbonyl (C=O) groups excluding carboxylic acids is 2. The molecule has 1 aromatic rings. The van der Waals surface area contributed by atoms with Gasteiger partial charge in [0, 0.05) is 31.4 Å². The molecule has 1 aromatic carbocycles. The second-order valence-electron chi connectivity index (χ2n) is 8.69. The first-order valence-electron chi connectivity index (χ1n) is 11.9. The highest BCUT2D eigenvalue weighted by molar-refractivity contribution is 5.90. The van der Waals surface area contributed by atoms with E-state index >= 15 is 0 Å². The van der Waals surface area contributed by atoms with Crippen LogP contribution >= 0.6 is 0 Å². The molecule has 0 aliphatic carbocycles. The summed E-state index contributed by atoms with van der Waals surface area (Å²) in [6, 6.07) is 4.40. The number of urea groups is 1. The largest absolute Gasteiger partial charge is 0.454 e. The van der Waals surface area contributed by atoms with Gasteiger partial charge in [-0.15, -0.1) is 0 Å². The summed E-state index contributed by atoms with van der Waals surface area (Å²) in [6.07, 6.45) is 1.49. The van der Waals surface area contributed by atoms with Crippen LogP contribution in [0, 0.1) is 0 Å². The molecule has 3 amide bonds. The van der Waals surface area contributed by atoms with E-state index < -0.39 is 12.1 Å². The highest BCUT2D eigenvalue weighted by Gasteiger charge is 2.33. The highest BCUT2D eigenvalue weighted by Crippen LogP contribution is 2.34. The van der Waals surface area contributed by atoms with E-state index in [-0.39, 0.29) is 37.9 Å². The van der Waals surface area contributed by atoms with Crippen molar-refractivity contribution in [2.24, 2.45) is 0 Å². The lowest BCUT2D eigenvalue weighted by molar-refractivity contribution is -0.130. The Balaban J connectivity index is 1.15. The van der Waals surface area contributed by atoms with E-state index in [0.717, 1.165) is 39.3 Å². The smallest absolute Gasteiger partial charge is 0.319 e. The third-order valence-electron chi connectivity index (χ3n) is 6.23. The molecular weight excluding hydrogens is 444 g/mol. The number of morpholine rings is 1. The topological polar surface area (TPSA) is 131 Å². The maximum Gasteiger partial charge on any atom is 0.319 e. The molecule has 3 aliphatic heterocycles. The summed E-state index contributed by atoms with van der Waals surface area (Å²) >= 11 is 0. The van der Waals surface area contributed by atoms with Gasteiger partial charge in [-0.1, -0.05) is 0 Å². The van der Waals surface area contributed by atoms with Crippen LogP contribution in [0.1, 0.15) is 25.7 Å². The molecule has 2 saturated heterocycles. The van der Waals surface area contributed by atoms with E-state index in [1.807, 2.05) is 0 Å². The van der Waals surface area contributed by atoms with Gasteiger partial charge in [0.1, 0.15) is 6.10 Å². The molecule has 34 heavy (non-hydrogen) atoms. The fourth-order valence-electron chi connectivity index (χ4n) is 4.39. The number of carbonyl (C=O) groups is 2. The number of nitrogens with one attached hydrogen (secondary N) is 3. The molecule has 0 saturated carbocycles. The van der Waals surface area contributed by atoms with E-state index in [0.29, 0.717) is 36.6 Å². The second-order valence-corrected chi connectivity index (χ2v) is 8.69. The maximum absolute atomic E-state index is 12.5. The molecule has 3 heterocycles. The third kappa shape index (κ3) is 6.95. The van der Waals surface area contributed by atoms with Gasteiger partial charge in [-0.25, -0.2) is 4.79 Å². The summed E-state index contributed by atoms with van der Waals surface area (Å²) in [5.41, 5.74) is 0.571. The monoisotopic (exact) mass is 478 g/mol. The minimum absolute atomic E-state index is 0.0596. The number of rotatable bonds is 9. The Labute approximate surface area is 199 Å². The normalized spacial score (nSPS) is 24.4. The molecule has 188 valence electrons. The molecule has 0 aromatic heterocycles. The van der Waals surface area contributed by atoms with Gasteiger partial charge in [0.2, 0.25) is 12.7 Å². The van der Waals surface area contributed by atoms with Crippen LogP contribution in [0.25, 0.3) is 0 Å². The van der Waals surface area contributed by atoms with Crippen molar-refractivity contribution in [2.45, 2.75) is 43.9 Å². The number of fused-ring (bicyclic) bond motifs is 1. The fraction of sp³-hybridized carbons (Fsp3) is 0.652. The van der Waals surface area contributed by atoms with Crippen molar-refractivity contribution >= 4 is 17.6 Å². The summed E-state index contributed by atoms with van der Waals surface area (Å²) in [5, 5.41) is 18.4. The Hall–Kier alpha value is -2.60. The van der Waals surface area contributed by atoms with Crippen molar-refractivity contribution in [1.29, 1.82) is 0 Å². The molecular formula is C23H34N4O7. The quantitative estimate of drug-likeness (QED) is 0.381. The zero-order valence-corrected chi connectivity index (χ0v) is 19.3. The predicted molar refractivity (Wildman–Crippen MR) is 123 cm³/mol. The van der Waals surface area contributed by atoms with Gasteiger partial charge in [0.05, 0.1) is 38.4 Å². The lowest BCUT2D eigenvalue weighted by atomic mass is 9.97. The van der Waals surface area contributed by atoms with Crippen LogP contribution in [-0.2, 0) is 14.3 Å². The molecule has 3 atom stereocenters. The highest BCUT2D eigenvalue weighted by atomic mass is 16.7. The summed E-state index contributed by atoms with van der Waals surface area (Å²) < 4.78 is 21.8. The van der Waals surface area contributed by atoms with E-state index in [1.54, 1.807) is 18.2 Å². The number of hydrogen-bond acceptors (Lipinski definition) is 8. The number of benzene rings is 1. The van der Waals surface area contributed by atoms with Gasteiger partial charge in [0.25, 0.3) is 0 Å². The third-order valence-corrected chi connectivity index (χ3v) is 6.23. The predicted octanol–water partition coefficient (Wildman–Crippen LogP) is 0.674. The maximum atomic E-state index is 12.5. The van der Waals surface area contributed by atoms with Crippen molar-refractivity contribution in [3.05, 3.63) is 18.2 Å². The molecule has 0 radical (unpaired) electrons. The lowest BCUT2D eigenvalue weighted by Gasteiger charge is -2.36. The molecule has 2 fully saturated rings. The van der Waals surface area contributed by atoms with Crippen molar-refractivity contribution in [1.82, 2.24) is 15.5 Å². The molecule has 4 N–H and O–H groups in total. The number of aliphatic hydroxyl groups excluding tert-OH is 1. The minimum Gasteiger partial charge on any atom is -0.454 e. The molecule has 4 rings (SSSR count). The Bertz CT molecular complexity index is 834. The Morgan fingerprint density at radius 3 is 2.76 bits per heavy atom. The zero-order valence-electron chi connectivity index (χ0n) is 19.3. The van der Waals surface area contributed by atoms with Crippen molar-refractivity contribution in [3.8, 4) is 11.5 Å². The van der Waals surface area contributed by atoms with Gasteiger partial charge < -0.3 is 40.0 Å². The van der Waals surface area contributed by atoms with Crippen LogP contribution in [0.3, 0.4) is 0 Å². The molecule has 3 aliphatic rings. The first-order valence-corrected chi connectivity index (χ1v) is 11.9. The summed E-state index contributed by atoms with van der Waals surface area (Å²) in [5.74, 6) is 1.16. The SMILES string of the molecule is O=C(C[C@@H]1CC[C@H](NC(=O)Nc2ccc3c(c2)OCO3)[C@H](CO)O1)NCCCN1CCOCC1. The Morgan fingerprint density at radius 2 is 1.94 bits per heavy atom. The summed E-state index contributed by atoms with van der Waals surface area (Å²) in [6.45, 7) is 4.91. The fourth-order valence-corrected chi connectivity index (χ4v) is 4.39. The van der Waals surface area contributed by atoms with Crippen LogP contribution < -0.4 is 25.4 Å². The molecule has 0 unspecified atom stereocenters. The van der Waals surface area contributed by atoms with Gasteiger partial charge in [-0.05, 0) is 37.9 Å². The van der Waals surface area contributed by atoms with Crippen molar-refractivity contribution in [2.75, 3.05) is 58.1 Å². The molecule has 11 heteroatoms. The van der Waals surface area contributed by atoms with Crippen molar-refractivity contribution < 1.29 is 33.6 Å². The lowest BCUT2D eigenvalue weighted by Crippen LogP contribution is -2.52. The zero-order chi connectivity index (χ0) is 23.8. The van der Waals surface area contributed by atoms with Crippen LogP contribution in [0.4, 0.5) is 10.5 Å². The number of hydrogen-bond donors (Lipinski definition) is 4. The molecule has 11 nitrogen and oxygen atoms in total. The number of nitrogens with zero attached hydrogens (tertiary/aromatic N) is 1. The van der Waals surface area contributed by atoms with E-state index in [9.17, 15) is 14.7 Å². The number of anilines is 1. The van der Waals surface area contributed by atoms with Crippen LogP contribution in [0.2, 0.25) is 0 Å². The second kappa shape index (κ2) is 12.2. The molecule has 0 spiro atoms. The average Bonchev–Trinajstić information content (AvgIpc) is 3.31. The van der Waals surface area contributed by atoms with Gasteiger partial charge >= 0.3 is 6.03 Å². The van der Waals surface area contributed by atoms with E-state index in [1.165, 1.54) is 0 Å². The standard InChI is InChI=1S/C23H34N4O7/c28-14-21-18(26-23(30)25-16-2-5-19-20(12-16)33-15-32-19)4-3-17(34-21)13-22(29)24-6-1-7-27-8-10-31-11-9-27/h2,5,12,17-18,21,28H,1,3-4,6-11,13-15H2,(H,24,29)(H2,25,26,30)/t17-,18-,21-/m0/s1. The number of aliphatic hydroxyl groups is 1. The molecule has 0 bridgehead atoms. The first kappa shape index (κ1) is 24.5. The van der Waals surface area contributed by atoms with Gasteiger partial charge in [-0.3, -0.25) is 9.69 Å².